The molecular weight excluding hydrogens is 392 g/mol. The van der Waals surface area contributed by atoms with Gasteiger partial charge >= 0.3 is 0 Å². The van der Waals surface area contributed by atoms with Gasteiger partial charge in [-0.3, -0.25) is 9.78 Å². The number of aryl methyl sites for hydroxylation is 1. The fourth-order valence-corrected chi connectivity index (χ4v) is 3.40. The molecule has 7 nitrogen and oxygen atoms in total. The second kappa shape index (κ2) is 8.27. The van der Waals surface area contributed by atoms with Crippen molar-refractivity contribution < 1.29 is 18.3 Å². The maximum atomic E-state index is 14.6. The highest BCUT2D eigenvalue weighted by Crippen LogP contribution is 2.26. The van der Waals surface area contributed by atoms with Crippen molar-refractivity contribution in [1.82, 2.24) is 19.7 Å². The lowest BCUT2D eigenvalue weighted by atomic mass is 10.2. The number of carbonyl (C=O) groups excluding carboxylic acids is 1. The third kappa shape index (κ3) is 3.93. The first-order chi connectivity index (χ1) is 14.4. The molecule has 1 amide bonds. The van der Waals surface area contributed by atoms with Gasteiger partial charge in [0, 0.05) is 23.6 Å². The lowest BCUT2D eigenvalue weighted by Crippen LogP contribution is -2.19. The molecule has 0 spiro atoms. The summed E-state index contributed by atoms with van der Waals surface area (Å²) in [5, 5.41) is 7.53. The van der Waals surface area contributed by atoms with Gasteiger partial charge in [0.1, 0.15) is 5.82 Å². The van der Waals surface area contributed by atoms with Crippen LogP contribution < -0.4 is 5.32 Å². The molecule has 9 heteroatoms. The standard InChI is InChI=1S/C21H21F2N5O2/c1-12-17(23)11-24-13(2)19(12)27-21(29)16(22)9-15-7-6-14-10-25-28(20(14)26-15)18-5-3-4-8-30-18/h6-7,9-11,18H,3-5,8H2,1-2H3,(H,27,29)/b16-9-. The number of nitrogens with zero attached hydrogens (tertiary/aromatic N) is 4. The fraction of sp³-hybridized carbons (Fsp3) is 0.333. The summed E-state index contributed by atoms with van der Waals surface area (Å²) < 4.78 is 35.7. The van der Waals surface area contributed by atoms with Gasteiger partial charge in [-0.05, 0) is 45.2 Å². The van der Waals surface area contributed by atoms with Gasteiger partial charge in [-0.25, -0.2) is 18.4 Å². The number of fused-ring (bicyclic) bond motifs is 1. The van der Waals surface area contributed by atoms with Gasteiger partial charge in [-0.15, -0.1) is 0 Å². The average molecular weight is 413 g/mol. The molecule has 1 unspecified atom stereocenters. The van der Waals surface area contributed by atoms with E-state index in [-0.39, 0.29) is 23.2 Å². The first kappa shape index (κ1) is 20.1. The van der Waals surface area contributed by atoms with Crippen molar-refractivity contribution in [2.75, 3.05) is 11.9 Å². The maximum absolute atomic E-state index is 14.6. The molecule has 1 aliphatic heterocycles. The van der Waals surface area contributed by atoms with E-state index in [4.69, 9.17) is 4.74 Å². The van der Waals surface area contributed by atoms with Crippen molar-refractivity contribution in [2.24, 2.45) is 0 Å². The average Bonchev–Trinajstić information content (AvgIpc) is 3.17. The number of pyridine rings is 2. The molecule has 0 saturated carbocycles. The first-order valence-corrected chi connectivity index (χ1v) is 9.70. The SMILES string of the molecule is Cc1ncc(F)c(C)c1NC(=O)/C(F)=C/c1ccc2cnn(C3CCCCO3)c2n1. The Hall–Kier alpha value is -3.20. The normalized spacial score (nSPS) is 17.3. The van der Waals surface area contributed by atoms with E-state index in [2.05, 4.69) is 20.4 Å². The number of nitrogens with one attached hydrogen (secondary N) is 1. The van der Waals surface area contributed by atoms with Crippen LogP contribution in [-0.2, 0) is 9.53 Å². The number of amides is 1. The molecule has 3 aromatic rings. The highest BCUT2D eigenvalue weighted by atomic mass is 19.1. The summed E-state index contributed by atoms with van der Waals surface area (Å²) in [6, 6.07) is 3.36. The van der Waals surface area contributed by atoms with Crippen LogP contribution in [0.15, 0.2) is 30.4 Å². The number of anilines is 1. The van der Waals surface area contributed by atoms with Gasteiger partial charge in [0.25, 0.3) is 5.91 Å². The molecule has 1 aliphatic rings. The predicted octanol–water partition coefficient (Wildman–Crippen LogP) is 4.23. The molecule has 1 atom stereocenters. The second-order valence-corrected chi connectivity index (χ2v) is 7.20. The van der Waals surface area contributed by atoms with Crippen LogP contribution in [-0.4, -0.2) is 32.3 Å². The molecule has 156 valence electrons. The Labute approximate surface area is 171 Å². The zero-order valence-corrected chi connectivity index (χ0v) is 16.7. The van der Waals surface area contributed by atoms with Crippen LogP contribution >= 0.6 is 0 Å². The summed E-state index contributed by atoms with van der Waals surface area (Å²) in [6.45, 7) is 3.76. The Bertz CT molecular complexity index is 1140. The third-order valence-electron chi connectivity index (χ3n) is 5.09. The quantitative estimate of drug-likeness (QED) is 0.648. The lowest BCUT2D eigenvalue weighted by Gasteiger charge is -2.23. The predicted molar refractivity (Wildman–Crippen MR) is 108 cm³/mol. The van der Waals surface area contributed by atoms with E-state index in [0.717, 1.165) is 36.9 Å². The zero-order chi connectivity index (χ0) is 21.3. The highest BCUT2D eigenvalue weighted by molar-refractivity contribution is 6.05. The molecule has 0 bridgehead atoms. The van der Waals surface area contributed by atoms with Crippen molar-refractivity contribution in [3.05, 3.63) is 53.1 Å². The smallest absolute Gasteiger partial charge is 0.284 e. The summed E-state index contributed by atoms with van der Waals surface area (Å²) in [4.78, 5) is 20.6. The van der Waals surface area contributed by atoms with E-state index < -0.39 is 17.6 Å². The summed E-state index contributed by atoms with van der Waals surface area (Å²) in [5.41, 5.74) is 1.56. The summed E-state index contributed by atoms with van der Waals surface area (Å²) in [7, 11) is 0. The van der Waals surface area contributed by atoms with Crippen LogP contribution in [0, 0.1) is 19.7 Å². The number of hydrogen-bond acceptors (Lipinski definition) is 5. The van der Waals surface area contributed by atoms with Gasteiger partial charge in [0.05, 0.1) is 29.5 Å². The number of ether oxygens (including phenoxy) is 1. The number of hydrogen-bond donors (Lipinski definition) is 1. The van der Waals surface area contributed by atoms with Crippen LogP contribution in [0.4, 0.5) is 14.5 Å². The van der Waals surface area contributed by atoms with Crippen LogP contribution in [0.25, 0.3) is 17.1 Å². The maximum Gasteiger partial charge on any atom is 0.284 e. The Kier molecular flexibility index (Phi) is 5.54. The Balaban J connectivity index is 1.59. The molecule has 4 heterocycles. The number of aromatic nitrogens is 4. The van der Waals surface area contributed by atoms with Gasteiger partial charge < -0.3 is 10.1 Å². The molecule has 1 N–H and O–H groups in total. The first-order valence-electron chi connectivity index (χ1n) is 9.70. The van der Waals surface area contributed by atoms with Crippen molar-refractivity contribution in [3.8, 4) is 0 Å². The van der Waals surface area contributed by atoms with E-state index in [1.807, 2.05) is 0 Å². The second-order valence-electron chi connectivity index (χ2n) is 7.20. The molecule has 3 aromatic heterocycles. The monoisotopic (exact) mass is 413 g/mol. The van der Waals surface area contributed by atoms with Crippen molar-refractivity contribution in [3.63, 3.8) is 0 Å². The van der Waals surface area contributed by atoms with E-state index in [1.165, 1.54) is 6.92 Å². The van der Waals surface area contributed by atoms with Crippen molar-refractivity contribution in [2.45, 2.75) is 39.3 Å². The molecule has 0 aromatic carbocycles. The van der Waals surface area contributed by atoms with Gasteiger partial charge in [-0.1, -0.05) is 0 Å². The Morgan fingerprint density at radius 2 is 2.13 bits per heavy atom. The summed E-state index contributed by atoms with van der Waals surface area (Å²) in [6.07, 6.45) is 6.44. The van der Waals surface area contributed by atoms with Gasteiger partial charge in [0.15, 0.2) is 17.7 Å². The van der Waals surface area contributed by atoms with Crippen LogP contribution in [0.1, 0.15) is 42.4 Å². The minimum Gasteiger partial charge on any atom is -0.356 e. The highest BCUT2D eigenvalue weighted by Gasteiger charge is 2.20. The largest absolute Gasteiger partial charge is 0.356 e. The number of rotatable bonds is 4. The van der Waals surface area contributed by atoms with Crippen LogP contribution in [0.5, 0.6) is 0 Å². The summed E-state index contributed by atoms with van der Waals surface area (Å²) in [5.74, 6) is -2.63. The zero-order valence-electron chi connectivity index (χ0n) is 16.7. The van der Waals surface area contributed by atoms with Gasteiger partial charge in [-0.2, -0.15) is 5.10 Å². The van der Waals surface area contributed by atoms with E-state index in [0.29, 0.717) is 17.9 Å². The molecular formula is C21H21F2N5O2. The number of halogens is 2. The van der Waals surface area contributed by atoms with Crippen LogP contribution in [0.2, 0.25) is 0 Å². The van der Waals surface area contributed by atoms with Crippen molar-refractivity contribution in [1.29, 1.82) is 0 Å². The Morgan fingerprint density at radius 3 is 2.90 bits per heavy atom. The van der Waals surface area contributed by atoms with E-state index >= 15 is 0 Å². The topological polar surface area (TPSA) is 81.9 Å². The van der Waals surface area contributed by atoms with E-state index in [9.17, 15) is 13.6 Å². The minimum absolute atomic E-state index is 0.152. The van der Waals surface area contributed by atoms with Gasteiger partial charge in [0.2, 0.25) is 0 Å². The lowest BCUT2D eigenvalue weighted by molar-refractivity contribution is -0.114. The van der Waals surface area contributed by atoms with E-state index in [1.54, 1.807) is 29.9 Å². The summed E-state index contributed by atoms with van der Waals surface area (Å²) >= 11 is 0. The van der Waals surface area contributed by atoms with Crippen LogP contribution in [0.3, 0.4) is 0 Å². The molecule has 0 aliphatic carbocycles. The number of carbonyl (C=O) groups is 1. The molecule has 1 fully saturated rings. The molecule has 1 saturated heterocycles. The molecule has 0 radical (unpaired) electrons. The fourth-order valence-electron chi connectivity index (χ4n) is 3.40. The molecule has 30 heavy (non-hydrogen) atoms. The third-order valence-corrected chi connectivity index (χ3v) is 5.09. The minimum atomic E-state index is -1.05. The molecule has 4 rings (SSSR count). The van der Waals surface area contributed by atoms with Crippen molar-refractivity contribution >= 4 is 28.7 Å². The Morgan fingerprint density at radius 1 is 1.30 bits per heavy atom.